The van der Waals surface area contributed by atoms with Crippen LogP contribution in [0.5, 0.6) is 0 Å². The quantitative estimate of drug-likeness (QED) is 0.116. The molecule has 0 saturated carbocycles. The summed E-state index contributed by atoms with van der Waals surface area (Å²) in [6.45, 7) is 27.7. The van der Waals surface area contributed by atoms with Crippen molar-refractivity contribution in [3.05, 3.63) is 0 Å². The molecule has 0 aromatic rings. The number of ether oxygens (including phenoxy) is 5. The van der Waals surface area contributed by atoms with Crippen molar-refractivity contribution in [3.8, 4) is 0 Å². The van der Waals surface area contributed by atoms with Crippen molar-refractivity contribution in [1.82, 2.24) is 25.8 Å². The highest BCUT2D eigenvalue weighted by Crippen LogP contribution is 2.20. The molecular weight excluding hydrogens is 789 g/mol. The van der Waals surface area contributed by atoms with Gasteiger partial charge in [-0.3, -0.25) is 14.4 Å². The van der Waals surface area contributed by atoms with E-state index in [0.29, 0.717) is 44.6 Å². The predicted octanol–water partition coefficient (Wildman–Crippen LogP) is 5.81. The van der Waals surface area contributed by atoms with Gasteiger partial charge in [-0.1, -0.05) is 29.7 Å². The van der Waals surface area contributed by atoms with Gasteiger partial charge in [0.1, 0.15) is 34.1 Å². The van der Waals surface area contributed by atoms with E-state index >= 15 is 0 Å². The van der Waals surface area contributed by atoms with Gasteiger partial charge in [-0.05, 0) is 127 Å². The number of likely N-dealkylation sites (tertiary alicyclic amines) is 2. The van der Waals surface area contributed by atoms with Gasteiger partial charge in [0.05, 0.1) is 21.3 Å². The normalized spacial score (nSPS) is 18.4. The van der Waals surface area contributed by atoms with Crippen LogP contribution in [0.4, 0.5) is 9.59 Å². The lowest BCUT2D eigenvalue weighted by Crippen LogP contribution is -2.49. The number of esters is 3. The minimum atomic E-state index is -0.852. The number of nitrogens with one attached hydrogen (secondary N) is 3. The van der Waals surface area contributed by atoms with Gasteiger partial charge in [-0.2, -0.15) is 0 Å². The molecule has 0 aromatic carbocycles. The second-order valence-corrected chi connectivity index (χ2v) is 18.3. The summed E-state index contributed by atoms with van der Waals surface area (Å²) in [4.78, 5) is 70.7. The molecule has 3 rings (SSSR count). The Morgan fingerprint density at radius 3 is 1.33 bits per heavy atom. The first kappa shape index (κ1) is 66.6. The van der Waals surface area contributed by atoms with Gasteiger partial charge < -0.3 is 60.0 Å². The summed E-state index contributed by atoms with van der Waals surface area (Å²) in [7, 11) is 4.12. The van der Waals surface area contributed by atoms with Crippen molar-refractivity contribution >= 4 is 36.4 Å². The van der Waals surface area contributed by atoms with E-state index in [-0.39, 0.29) is 59.7 Å². The van der Waals surface area contributed by atoms with E-state index < -0.39 is 33.8 Å². The SMILES string of the molecule is C.C.C.C.CC(C)(C)OC(=O)N1CCC(C=O)C1.COC(=O)C(C)(C)N.COC(=O)C(C)(C)NCC1CCN(C(=O)OC(C)(C)C)C1.COC(=O)C(C)(C)NCC1CCNC1. The second kappa shape index (κ2) is 29.7. The largest absolute Gasteiger partial charge is 0.468 e. The summed E-state index contributed by atoms with van der Waals surface area (Å²) in [6.07, 6.45) is 3.17. The molecule has 3 aliphatic rings. The second-order valence-electron chi connectivity index (χ2n) is 18.3. The minimum Gasteiger partial charge on any atom is -0.468 e. The molecule has 17 nitrogen and oxygen atoms in total. The molecule has 3 aliphatic heterocycles. The Morgan fingerprint density at radius 1 is 0.623 bits per heavy atom. The van der Waals surface area contributed by atoms with Crippen molar-refractivity contribution in [3.63, 3.8) is 0 Å². The van der Waals surface area contributed by atoms with Gasteiger partial charge in [0, 0.05) is 45.2 Å². The maximum absolute atomic E-state index is 12.0. The number of carbonyl (C=O) groups excluding carboxylic acids is 6. The zero-order chi connectivity index (χ0) is 44.4. The van der Waals surface area contributed by atoms with Crippen LogP contribution in [0.25, 0.3) is 0 Å². The maximum atomic E-state index is 12.0. The van der Waals surface area contributed by atoms with Crippen LogP contribution in [0.3, 0.4) is 0 Å². The molecule has 0 radical (unpaired) electrons. The summed E-state index contributed by atoms with van der Waals surface area (Å²) in [5, 5.41) is 9.74. The molecule has 17 heteroatoms. The Labute approximate surface area is 371 Å². The van der Waals surface area contributed by atoms with Crippen LogP contribution in [0.15, 0.2) is 0 Å². The molecule has 364 valence electrons. The Balaban J connectivity index is -0.000000234. The molecule has 5 N–H and O–H groups in total. The van der Waals surface area contributed by atoms with Crippen LogP contribution in [0.1, 0.15) is 132 Å². The highest BCUT2D eigenvalue weighted by molar-refractivity contribution is 5.80. The fraction of sp³-hybridized carbons (Fsp3) is 0.864. The highest BCUT2D eigenvalue weighted by atomic mass is 16.6. The van der Waals surface area contributed by atoms with E-state index in [4.69, 9.17) is 24.7 Å². The number of carbonyl (C=O) groups is 6. The number of nitrogens with two attached hydrogens (primary N) is 1. The van der Waals surface area contributed by atoms with Gasteiger partial charge in [-0.25, -0.2) is 9.59 Å². The lowest BCUT2D eigenvalue weighted by atomic mass is 10.0. The molecule has 2 amide bonds. The maximum Gasteiger partial charge on any atom is 0.410 e. The van der Waals surface area contributed by atoms with E-state index in [0.717, 1.165) is 38.8 Å². The van der Waals surface area contributed by atoms with Crippen molar-refractivity contribution in [1.29, 1.82) is 0 Å². The third-order valence-electron chi connectivity index (χ3n) is 8.94. The van der Waals surface area contributed by atoms with Gasteiger partial charge >= 0.3 is 30.1 Å². The monoisotopic (exact) mass is 881 g/mol. The summed E-state index contributed by atoms with van der Waals surface area (Å²) in [5.41, 5.74) is 2.24. The molecule has 3 unspecified atom stereocenters. The van der Waals surface area contributed by atoms with E-state index in [9.17, 15) is 28.8 Å². The fourth-order valence-corrected chi connectivity index (χ4v) is 5.49. The van der Waals surface area contributed by atoms with E-state index in [2.05, 4.69) is 20.7 Å². The summed E-state index contributed by atoms with van der Waals surface area (Å²) in [6, 6.07) is 0. The molecule has 0 spiro atoms. The van der Waals surface area contributed by atoms with Crippen molar-refractivity contribution in [2.45, 2.75) is 160 Å². The lowest BCUT2D eigenvalue weighted by Gasteiger charge is -2.26. The Hall–Kier alpha value is -3.54. The van der Waals surface area contributed by atoms with Crippen LogP contribution in [0, 0.1) is 17.8 Å². The fourth-order valence-electron chi connectivity index (χ4n) is 5.49. The van der Waals surface area contributed by atoms with Gasteiger partial charge in [0.15, 0.2) is 0 Å². The van der Waals surface area contributed by atoms with Crippen molar-refractivity contribution < 1.29 is 52.5 Å². The number of rotatable bonds is 10. The average molecular weight is 881 g/mol. The van der Waals surface area contributed by atoms with Gasteiger partial charge in [0.25, 0.3) is 0 Å². The smallest absolute Gasteiger partial charge is 0.410 e. The first-order chi connectivity index (χ1) is 26.0. The lowest BCUT2D eigenvalue weighted by molar-refractivity contribution is -0.147. The zero-order valence-corrected chi connectivity index (χ0v) is 37.6. The standard InChI is InChI=1S/C15H28N2O4.C10H20N2O2.C10H17NO3.C5H11NO2.4CH4/c1-14(2,3)21-13(19)17-8-7-11(10-17)9-16-15(4,5)12(18)20-6;1-10(2,9(13)14-3)12-7-8-4-5-11-6-8;1-10(2,3)14-9(13)11-5-4-8(6-11)7-12;1-5(2,6)4(7)8-3;;;;/h11,16H,7-10H2,1-6H3;8,11-12H,4-7H2,1-3H3;7-8H,4-6H2,1-3H3;6H2,1-3H3;4*1H4. The van der Waals surface area contributed by atoms with Gasteiger partial charge in [-0.15, -0.1) is 0 Å². The Morgan fingerprint density at radius 2 is 1.02 bits per heavy atom. The van der Waals surface area contributed by atoms with E-state index in [1.165, 1.54) is 27.8 Å². The average Bonchev–Trinajstić information content (AvgIpc) is 3.90. The molecule has 3 fully saturated rings. The molecule has 61 heavy (non-hydrogen) atoms. The van der Waals surface area contributed by atoms with Crippen LogP contribution in [-0.4, -0.2) is 148 Å². The Kier molecular flexibility index (Phi) is 32.4. The molecule has 3 atom stereocenters. The van der Waals surface area contributed by atoms with E-state index in [1.54, 1.807) is 37.5 Å². The Bertz CT molecular complexity index is 1280. The first-order valence-corrected chi connectivity index (χ1v) is 19.7. The van der Waals surface area contributed by atoms with Gasteiger partial charge in [0.2, 0.25) is 0 Å². The van der Waals surface area contributed by atoms with Crippen LogP contribution < -0.4 is 21.7 Å². The van der Waals surface area contributed by atoms with E-state index in [1.807, 2.05) is 55.4 Å². The van der Waals surface area contributed by atoms with Crippen molar-refractivity contribution in [2.75, 3.05) is 73.7 Å². The number of hydrogen-bond donors (Lipinski definition) is 4. The molecular formula is C44H92N6O11. The molecule has 0 aliphatic carbocycles. The first-order valence-electron chi connectivity index (χ1n) is 19.7. The zero-order valence-electron chi connectivity index (χ0n) is 37.6. The minimum absolute atomic E-state index is 0. The number of methoxy groups -OCH3 is 3. The van der Waals surface area contributed by atoms with Crippen LogP contribution in [-0.2, 0) is 42.9 Å². The molecule has 3 saturated heterocycles. The molecule has 0 aromatic heterocycles. The number of hydrogen-bond acceptors (Lipinski definition) is 15. The third kappa shape index (κ3) is 27.9. The molecule has 0 bridgehead atoms. The third-order valence-corrected chi connectivity index (χ3v) is 8.94. The number of aldehydes is 1. The number of amides is 2. The summed E-state index contributed by atoms with van der Waals surface area (Å²) >= 11 is 0. The number of nitrogens with zero attached hydrogens (tertiary/aromatic N) is 2. The van der Waals surface area contributed by atoms with Crippen LogP contribution >= 0.6 is 0 Å². The molecule has 3 heterocycles. The summed E-state index contributed by atoms with van der Waals surface area (Å²) < 4.78 is 24.4. The topological polar surface area (TPSA) is 217 Å². The highest BCUT2D eigenvalue weighted by Gasteiger charge is 2.34. The predicted molar refractivity (Wildman–Crippen MR) is 244 cm³/mol. The van der Waals surface area contributed by atoms with Crippen molar-refractivity contribution in [2.24, 2.45) is 23.5 Å². The van der Waals surface area contributed by atoms with Crippen LogP contribution in [0.2, 0.25) is 0 Å². The summed E-state index contributed by atoms with van der Waals surface area (Å²) in [5.74, 6) is 0.0633.